The van der Waals surface area contributed by atoms with E-state index in [2.05, 4.69) is 0 Å². The monoisotopic (exact) mass is 284 g/mol. The van der Waals surface area contributed by atoms with Gasteiger partial charge in [-0.3, -0.25) is 0 Å². The summed E-state index contributed by atoms with van der Waals surface area (Å²) < 4.78 is 37.0. The molecule has 0 unspecified atom stereocenters. The first kappa shape index (κ1) is 14.2. The molecule has 1 heterocycles. The minimum Gasteiger partial charge on any atom is -0.748 e. The highest BCUT2D eigenvalue weighted by Gasteiger charge is 2.13. The molecule has 1 fully saturated rings. The van der Waals surface area contributed by atoms with Crippen LogP contribution in [0.5, 0.6) is 0 Å². The maximum atomic E-state index is 10.4. The van der Waals surface area contributed by atoms with Crippen molar-refractivity contribution in [3.05, 3.63) is 0 Å². The fourth-order valence-corrected chi connectivity index (χ4v) is 3.17. The molecule has 0 aliphatic carbocycles. The molecule has 1 saturated heterocycles. The van der Waals surface area contributed by atoms with Gasteiger partial charge in [0.25, 0.3) is 0 Å². The van der Waals surface area contributed by atoms with Crippen molar-refractivity contribution in [2.24, 2.45) is 0 Å². The van der Waals surface area contributed by atoms with Gasteiger partial charge in [0.15, 0.2) is 0 Å². The van der Waals surface area contributed by atoms with Crippen LogP contribution in [0.4, 0.5) is 0 Å². The van der Waals surface area contributed by atoms with E-state index in [0.29, 0.717) is 25.4 Å². The van der Waals surface area contributed by atoms with Gasteiger partial charge in [-0.05, 0) is 6.42 Å². The van der Waals surface area contributed by atoms with E-state index in [1.165, 1.54) is 11.8 Å². The summed E-state index contributed by atoms with van der Waals surface area (Å²) in [5.74, 6) is 0.253. The summed E-state index contributed by atoms with van der Waals surface area (Å²) in [4.78, 5) is 2.04. The molecule has 1 rings (SSSR count). The van der Waals surface area contributed by atoms with E-state index in [1.807, 2.05) is 4.90 Å². The third-order valence-corrected chi connectivity index (χ3v) is 4.43. The van der Waals surface area contributed by atoms with Gasteiger partial charge in [0.05, 0.1) is 23.3 Å². The Labute approximate surface area is 105 Å². The molecule has 0 N–H and O–H groups in total. The lowest BCUT2D eigenvalue weighted by atomic mass is 10.5. The van der Waals surface area contributed by atoms with Gasteiger partial charge in [0, 0.05) is 24.6 Å². The molecular formula is C8H14NO4S3-. The normalized spacial score (nSPS) is 17.4. The van der Waals surface area contributed by atoms with Crippen LogP contribution in [-0.4, -0.2) is 60.0 Å². The number of thiocarbonyl (C=S) groups is 1. The smallest absolute Gasteiger partial charge is 0.136 e. The van der Waals surface area contributed by atoms with Crippen molar-refractivity contribution in [1.82, 2.24) is 4.90 Å². The number of hydrogen-bond acceptors (Lipinski definition) is 6. The van der Waals surface area contributed by atoms with Gasteiger partial charge in [-0.25, -0.2) is 8.42 Å². The average Bonchev–Trinajstić information content (AvgIpc) is 2.24. The lowest BCUT2D eigenvalue weighted by Gasteiger charge is -2.28. The van der Waals surface area contributed by atoms with Crippen LogP contribution in [0.25, 0.3) is 0 Å². The first-order valence-electron chi connectivity index (χ1n) is 4.92. The van der Waals surface area contributed by atoms with Crippen LogP contribution in [0.3, 0.4) is 0 Å². The Morgan fingerprint density at radius 1 is 1.44 bits per heavy atom. The highest BCUT2D eigenvalue weighted by atomic mass is 32.2. The summed E-state index contributed by atoms with van der Waals surface area (Å²) in [5.41, 5.74) is 0. The molecule has 8 heteroatoms. The standard InChI is InChI=1S/C8H15NO4S3/c10-16(11,12)7-1-6-15-8(14)9-2-4-13-5-3-9/h1-7H2,(H,10,11,12)/p-1. The Kier molecular flexibility index (Phi) is 5.98. The van der Waals surface area contributed by atoms with E-state index in [0.717, 1.165) is 17.4 Å². The van der Waals surface area contributed by atoms with E-state index in [-0.39, 0.29) is 5.75 Å². The average molecular weight is 284 g/mol. The van der Waals surface area contributed by atoms with Gasteiger partial charge in [-0.15, -0.1) is 0 Å². The molecule has 0 spiro atoms. The van der Waals surface area contributed by atoms with Crippen LogP contribution in [0.2, 0.25) is 0 Å². The molecule has 0 aromatic heterocycles. The van der Waals surface area contributed by atoms with E-state index in [1.54, 1.807) is 0 Å². The van der Waals surface area contributed by atoms with Crippen LogP contribution in [-0.2, 0) is 14.9 Å². The molecule has 1 aliphatic rings. The molecular weight excluding hydrogens is 270 g/mol. The molecule has 0 radical (unpaired) electrons. The minimum atomic E-state index is -4.09. The van der Waals surface area contributed by atoms with E-state index >= 15 is 0 Å². The van der Waals surface area contributed by atoms with Crippen molar-refractivity contribution in [2.45, 2.75) is 6.42 Å². The summed E-state index contributed by atoms with van der Waals surface area (Å²) in [7, 11) is -4.09. The quantitative estimate of drug-likeness (QED) is 0.417. The second-order valence-corrected chi connectivity index (χ2v) is 6.58. The van der Waals surface area contributed by atoms with Gasteiger partial charge in [-0.2, -0.15) is 0 Å². The van der Waals surface area contributed by atoms with Crippen molar-refractivity contribution in [1.29, 1.82) is 0 Å². The third kappa shape index (κ3) is 6.00. The lowest BCUT2D eigenvalue weighted by Crippen LogP contribution is -2.38. The Morgan fingerprint density at radius 3 is 2.62 bits per heavy atom. The van der Waals surface area contributed by atoms with Gasteiger partial charge in [-0.1, -0.05) is 24.0 Å². The van der Waals surface area contributed by atoms with Crippen molar-refractivity contribution in [2.75, 3.05) is 37.8 Å². The Bertz CT molecular complexity index is 324. The second kappa shape index (κ2) is 6.75. The van der Waals surface area contributed by atoms with Crippen molar-refractivity contribution >= 4 is 38.4 Å². The molecule has 94 valence electrons. The lowest BCUT2D eigenvalue weighted by molar-refractivity contribution is 0.0702. The summed E-state index contributed by atoms with van der Waals surface area (Å²) in [6.07, 6.45) is 0.348. The summed E-state index contributed by atoms with van der Waals surface area (Å²) >= 11 is 6.61. The molecule has 0 atom stereocenters. The highest BCUT2D eigenvalue weighted by Crippen LogP contribution is 2.12. The number of morpholine rings is 1. The fraction of sp³-hybridized carbons (Fsp3) is 0.875. The topological polar surface area (TPSA) is 69.7 Å². The van der Waals surface area contributed by atoms with E-state index in [4.69, 9.17) is 17.0 Å². The van der Waals surface area contributed by atoms with Crippen molar-refractivity contribution in [3.63, 3.8) is 0 Å². The maximum Gasteiger partial charge on any atom is 0.136 e. The Morgan fingerprint density at radius 2 is 2.06 bits per heavy atom. The van der Waals surface area contributed by atoms with Crippen LogP contribution in [0.15, 0.2) is 0 Å². The predicted octanol–water partition coefficient (Wildman–Crippen LogP) is 0.272. The summed E-state index contributed by atoms with van der Waals surface area (Å²) in [5, 5.41) is 0. The molecule has 0 aromatic rings. The van der Waals surface area contributed by atoms with Crippen LogP contribution in [0.1, 0.15) is 6.42 Å². The van der Waals surface area contributed by atoms with Crippen LogP contribution < -0.4 is 0 Å². The van der Waals surface area contributed by atoms with E-state index in [9.17, 15) is 13.0 Å². The van der Waals surface area contributed by atoms with Gasteiger partial charge in [0.1, 0.15) is 4.32 Å². The van der Waals surface area contributed by atoms with Crippen LogP contribution in [0, 0.1) is 0 Å². The molecule has 0 saturated carbocycles. The predicted molar refractivity (Wildman–Crippen MR) is 66.6 cm³/mol. The zero-order valence-corrected chi connectivity index (χ0v) is 11.2. The number of ether oxygens (including phenoxy) is 1. The Hall–Kier alpha value is 0.110. The second-order valence-electron chi connectivity index (χ2n) is 3.33. The molecule has 0 amide bonds. The number of hydrogen-bond donors (Lipinski definition) is 0. The van der Waals surface area contributed by atoms with Crippen molar-refractivity contribution < 1.29 is 17.7 Å². The number of thioether (sulfide) groups is 1. The first-order chi connectivity index (χ1) is 7.49. The number of rotatable bonds is 4. The Balaban J connectivity index is 2.14. The summed E-state index contributed by atoms with van der Waals surface area (Å²) in [6.45, 7) is 2.92. The molecule has 0 aromatic carbocycles. The van der Waals surface area contributed by atoms with Crippen LogP contribution >= 0.6 is 24.0 Å². The van der Waals surface area contributed by atoms with Crippen molar-refractivity contribution in [3.8, 4) is 0 Å². The largest absolute Gasteiger partial charge is 0.748 e. The summed E-state index contributed by atoms with van der Waals surface area (Å²) in [6, 6.07) is 0. The van der Waals surface area contributed by atoms with E-state index < -0.39 is 10.1 Å². The van der Waals surface area contributed by atoms with Gasteiger partial charge < -0.3 is 14.2 Å². The molecule has 0 bridgehead atoms. The first-order valence-corrected chi connectivity index (χ1v) is 7.89. The third-order valence-electron chi connectivity index (χ3n) is 2.03. The molecule has 16 heavy (non-hydrogen) atoms. The zero-order valence-electron chi connectivity index (χ0n) is 8.75. The highest BCUT2D eigenvalue weighted by molar-refractivity contribution is 8.22. The van der Waals surface area contributed by atoms with Gasteiger partial charge >= 0.3 is 0 Å². The molecule has 1 aliphatic heterocycles. The molecule has 5 nitrogen and oxygen atoms in total. The SMILES string of the molecule is O=S(=O)([O-])CCCSC(=S)N1CCOCC1. The maximum absolute atomic E-state index is 10.4. The number of nitrogens with zero attached hydrogens (tertiary/aromatic N) is 1. The zero-order chi connectivity index (χ0) is 12.0. The minimum absolute atomic E-state index is 0.314. The van der Waals surface area contributed by atoms with Gasteiger partial charge in [0.2, 0.25) is 0 Å². The fourth-order valence-electron chi connectivity index (χ4n) is 1.23.